The Hall–Kier alpha value is -2.43. The molecule has 0 bridgehead atoms. The van der Waals surface area contributed by atoms with Gasteiger partial charge in [0.1, 0.15) is 17.4 Å². The van der Waals surface area contributed by atoms with Crippen LogP contribution in [0.1, 0.15) is 0 Å². The summed E-state index contributed by atoms with van der Waals surface area (Å²) >= 11 is 0. The second-order valence-electron chi connectivity index (χ2n) is 3.53. The summed E-state index contributed by atoms with van der Waals surface area (Å²) in [6.45, 7) is 0. The van der Waals surface area contributed by atoms with Crippen LogP contribution in [0, 0.1) is 0 Å². The molecule has 0 saturated heterocycles. The lowest BCUT2D eigenvalue weighted by atomic mass is 10.3. The zero-order chi connectivity index (χ0) is 12.3. The summed E-state index contributed by atoms with van der Waals surface area (Å²) in [4.78, 5) is 4.12. The van der Waals surface area contributed by atoms with Crippen molar-refractivity contribution in [3.05, 3.63) is 36.4 Å². The highest BCUT2D eigenvalue weighted by atomic mass is 16.5. The molecule has 88 valence electrons. The third-order valence-corrected chi connectivity index (χ3v) is 2.30. The van der Waals surface area contributed by atoms with Crippen molar-refractivity contribution in [2.45, 2.75) is 0 Å². The summed E-state index contributed by atoms with van der Waals surface area (Å²) in [5.74, 6) is 1.74. The van der Waals surface area contributed by atoms with Crippen LogP contribution < -0.4 is 21.5 Å². The SMILES string of the molecule is COc1cccc(Nc2ccc(N)c(N)n2)c1. The number of nitrogens with two attached hydrogens (primary N) is 2. The van der Waals surface area contributed by atoms with Crippen molar-refractivity contribution < 1.29 is 4.74 Å². The third kappa shape index (κ3) is 2.57. The first-order chi connectivity index (χ1) is 8.19. The molecule has 5 nitrogen and oxygen atoms in total. The van der Waals surface area contributed by atoms with Crippen molar-refractivity contribution in [1.29, 1.82) is 0 Å². The van der Waals surface area contributed by atoms with E-state index in [2.05, 4.69) is 10.3 Å². The largest absolute Gasteiger partial charge is 0.497 e. The van der Waals surface area contributed by atoms with Gasteiger partial charge in [-0.05, 0) is 24.3 Å². The molecular weight excluding hydrogens is 216 g/mol. The van der Waals surface area contributed by atoms with Gasteiger partial charge in [0.2, 0.25) is 0 Å². The summed E-state index contributed by atoms with van der Waals surface area (Å²) in [5.41, 5.74) is 12.6. The fourth-order valence-electron chi connectivity index (χ4n) is 1.40. The van der Waals surface area contributed by atoms with Gasteiger partial charge in [0.15, 0.2) is 0 Å². The number of pyridine rings is 1. The molecule has 0 spiro atoms. The van der Waals surface area contributed by atoms with Crippen LogP contribution in [0.2, 0.25) is 0 Å². The van der Waals surface area contributed by atoms with Gasteiger partial charge >= 0.3 is 0 Å². The van der Waals surface area contributed by atoms with Crippen molar-refractivity contribution in [1.82, 2.24) is 4.98 Å². The molecule has 0 amide bonds. The van der Waals surface area contributed by atoms with Crippen LogP contribution in [0.25, 0.3) is 0 Å². The highest BCUT2D eigenvalue weighted by Gasteiger charge is 2.00. The molecule has 1 aromatic heterocycles. The van der Waals surface area contributed by atoms with E-state index in [1.807, 2.05) is 24.3 Å². The van der Waals surface area contributed by atoms with Crippen LogP contribution in [0.5, 0.6) is 5.75 Å². The maximum Gasteiger partial charge on any atom is 0.149 e. The average molecular weight is 230 g/mol. The van der Waals surface area contributed by atoms with E-state index in [1.165, 1.54) is 0 Å². The Morgan fingerprint density at radius 1 is 1.18 bits per heavy atom. The number of hydrogen-bond acceptors (Lipinski definition) is 5. The lowest BCUT2D eigenvalue weighted by Crippen LogP contribution is -2.01. The van der Waals surface area contributed by atoms with E-state index in [1.54, 1.807) is 19.2 Å². The smallest absolute Gasteiger partial charge is 0.149 e. The minimum atomic E-state index is 0.317. The molecule has 0 aliphatic carbocycles. The van der Waals surface area contributed by atoms with Gasteiger partial charge in [0.25, 0.3) is 0 Å². The maximum atomic E-state index is 5.63. The topological polar surface area (TPSA) is 86.2 Å². The lowest BCUT2D eigenvalue weighted by Gasteiger charge is -2.08. The fraction of sp³-hybridized carbons (Fsp3) is 0.0833. The Balaban J connectivity index is 2.22. The van der Waals surface area contributed by atoms with Crippen LogP contribution in [0.15, 0.2) is 36.4 Å². The standard InChI is InChI=1S/C12H14N4O/c1-17-9-4-2-3-8(7-9)15-11-6-5-10(13)12(14)16-11/h2-7H,13H2,1H3,(H3,14,15,16). The zero-order valence-corrected chi connectivity index (χ0v) is 9.47. The van der Waals surface area contributed by atoms with Gasteiger partial charge in [-0.15, -0.1) is 0 Å². The van der Waals surface area contributed by atoms with Crippen LogP contribution in [0.3, 0.4) is 0 Å². The summed E-state index contributed by atoms with van der Waals surface area (Å²) < 4.78 is 5.13. The molecule has 0 radical (unpaired) electrons. The Labute approximate surface area is 99.4 Å². The summed E-state index contributed by atoms with van der Waals surface area (Å²) in [6, 6.07) is 11.0. The predicted octanol–water partition coefficient (Wildman–Crippen LogP) is 2.00. The Morgan fingerprint density at radius 3 is 2.71 bits per heavy atom. The van der Waals surface area contributed by atoms with E-state index in [4.69, 9.17) is 16.2 Å². The Bertz CT molecular complexity index is 528. The number of hydrogen-bond donors (Lipinski definition) is 3. The highest BCUT2D eigenvalue weighted by Crippen LogP contribution is 2.22. The van der Waals surface area contributed by atoms with E-state index in [0.29, 0.717) is 17.3 Å². The molecule has 2 aromatic rings. The molecule has 0 atom stereocenters. The van der Waals surface area contributed by atoms with Crippen LogP contribution in [0.4, 0.5) is 23.0 Å². The van der Waals surface area contributed by atoms with Gasteiger partial charge in [0, 0.05) is 11.8 Å². The summed E-state index contributed by atoms with van der Waals surface area (Å²) in [7, 11) is 1.62. The summed E-state index contributed by atoms with van der Waals surface area (Å²) in [5, 5.41) is 3.12. The molecule has 1 heterocycles. The Kier molecular flexibility index (Phi) is 3.00. The number of methoxy groups -OCH3 is 1. The van der Waals surface area contributed by atoms with Gasteiger partial charge in [0.05, 0.1) is 12.8 Å². The quantitative estimate of drug-likeness (QED) is 0.750. The first-order valence-electron chi connectivity index (χ1n) is 5.12. The minimum Gasteiger partial charge on any atom is -0.497 e. The van der Waals surface area contributed by atoms with E-state index in [-0.39, 0.29) is 0 Å². The first kappa shape index (κ1) is 11.1. The van der Waals surface area contributed by atoms with Crippen LogP contribution in [-0.2, 0) is 0 Å². The number of benzene rings is 1. The predicted molar refractivity (Wildman–Crippen MR) is 69.3 cm³/mol. The molecule has 0 aliphatic rings. The molecule has 0 saturated carbocycles. The van der Waals surface area contributed by atoms with Gasteiger partial charge in [-0.1, -0.05) is 6.07 Å². The van der Waals surface area contributed by atoms with Gasteiger partial charge in [-0.2, -0.15) is 0 Å². The van der Waals surface area contributed by atoms with Crippen molar-refractivity contribution in [2.75, 3.05) is 23.9 Å². The first-order valence-corrected chi connectivity index (χ1v) is 5.12. The van der Waals surface area contributed by atoms with Gasteiger partial charge in [-0.25, -0.2) is 4.98 Å². The van der Waals surface area contributed by atoms with Gasteiger partial charge in [-0.3, -0.25) is 0 Å². The molecular formula is C12H14N4O. The molecule has 0 fully saturated rings. The van der Waals surface area contributed by atoms with Crippen LogP contribution in [-0.4, -0.2) is 12.1 Å². The second kappa shape index (κ2) is 4.61. The number of nitrogens with zero attached hydrogens (tertiary/aromatic N) is 1. The highest BCUT2D eigenvalue weighted by molar-refractivity contribution is 5.65. The van der Waals surface area contributed by atoms with Crippen LogP contribution >= 0.6 is 0 Å². The molecule has 17 heavy (non-hydrogen) atoms. The van der Waals surface area contributed by atoms with E-state index in [9.17, 15) is 0 Å². The number of anilines is 4. The monoisotopic (exact) mass is 230 g/mol. The average Bonchev–Trinajstić information content (AvgIpc) is 2.34. The number of ether oxygens (including phenoxy) is 1. The fourth-order valence-corrected chi connectivity index (χ4v) is 1.40. The van der Waals surface area contributed by atoms with E-state index >= 15 is 0 Å². The third-order valence-electron chi connectivity index (χ3n) is 2.30. The number of rotatable bonds is 3. The molecule has 5 N–H and O–H groups in total. The molecule has 5 heteroatoms. The molecule has 0 aliphatic heterocycles. The lowest BCUT2D eigenvalue weighted by molar-refractivity contribution is 0.415. The number of nitrogens with one attached hydrogen (secondary N) is 1. The second-order valence-corrected chi connectivity index (χ2v) is 3.53. The normalized spacial score (nSPS) is 9.94. The van der Waals surface area contributed by atoms with Crippen molar-refractivity contribution in [3.63, 3.8) is 0 Å². The molecule has 0 unspecified atom stereocenters. The van der Waals surface area contributed by atoms with Crippen molar-refractivity contribution in [2.24, 2.45) is 0 Å². The zero-order valence-electron chi connectivity index (χ0n) is 9.47. The summed E-state index contributed by atoms with van der Waals surface area (Å²) in [6.07, 6.45) is 0. The van der Waals surface area contributed by atoms with Crippen molar-refractivity contribution in [3.8, 4) is 5.75 Å². The number of aromatic nitrogens is 1. The van der Waals surface area contributed by atoms with E-state index in [0.717, 1.165) is 11.4 Å². The Morgan fingerprint density at radius 2 is 2.00 bits per heavy atom. The van der Waals surface area contributed by atoms with Crippen molar-refractivity contribution >= 4 is 23.0 Å². The minimum absolute atomic E-state index is 0.317. The van der Waals surface area contributed by atoms with E-state index < -0.39 is 0 Å². The molecule has 2 rings (SSSR count). The molecule has 1 aromatic carbocycles. The maximum absolute atomic E-state index is 5.63. The number of nitrogen functional groups attached to an aromatic ring is 2. The van der Waals surface area contributed by atoms with Gasteiger partial charge < -0.3 is 21.5 Å².